The quantitative estimate of drug-likeness (QED) is 0.727. The van der Waals surface area contributed by atoms with E-state index in [2.05, 4.69) is 0 Å². The van der Waals surface area contributed by atoms with Crippen molar-refractivity contribution in [3.63, 3.8) is 0 Å². The van der Waals surface area contributed by atoms with Gasteiger partial charge in [-0.05, 0) is 12.1 Å². The lowest BCUT2D eigenvalue weighted by Gasteiger charge is -2.15. The number of halogens is 2. The van der Waals surface area contributed by atoms with Crippen LogP contribution in [0.1, 0.15) is 6.42 Å². The first-order valence-corrected chi connectivity index (χ1v) is 4.77. The van der Waals surface area contributed by atoms with Gasteiger partial charge in [0.1, 0.15) is 0 Å². The normalized spacial score (nSPS) is 19.9. The van der Waals surface area contributed by atoms with E-state index in [9.17, 15) is 13.6 Å². The predicted octanol–water partition coefficient (Wildman–Crippen LogP) is 1.84. The Morgan fingerprint density at radius 2 is 2.12 bits per heavy atom. The molecule has 1 atom stereocenters. The molecule has 0 bridgehead atoms. The van der Waals surface area contributed by atoms with Gasteiger partial charge in [-0.3, -0.25) is 4.79 Å². The summed E-state index contributed by atoms with van der Waals surface area (Å²) < 4.78 is 25.7. The van der Waals surface area contributed by atoms with E-state index >= 15 is 0 Å². The fourth-order valence-corrected chi connectivity index (χ4v) is 1.70. The highest BCUT2D eigenvalue weighted by Crippen LogP contribution is 2.25. The van der Waals surface area contributed by atoms with Gasteiger partial charge in [0, 0.05) is 24.7 Å². The summed E-state index contributed by atoms with van der Waals surface area (Å²) in [6.45, 7) is 0.237. The average molecular weight is 222 g/mol. The van der Waals surface area contributed by atoms with E-state index in [1.54, 1.807) is 0 Å². The van der Waals surface area contributed by atoms with Crippen LogP contribution in [0.5, 0.6) is 0 Å². The van der Waals surface area contributed by atoms with Gasteiger partial charge in [0.05, 0.1) is 12.0 Å². The van der Waals surface area contributed by atoms with E-state index in [0.29, 0.717) is 5.69 Å². The highest BCUT2D eigenvalue weighted by Gasteiger charge is 2.30. The maximum Gasteiger partial charge on any atom is 0.228 e. The van der Waals surface area contributed by atoms with Gasteiger partial charge in [-0.25, -0.2) is 8.78 Å². The molecular weight excluding hydrogens is 214 g/mol. The summed E-state index contributed by atoms with van der Waals surface area (Å²) in [6.07, 6.45) is 0.134. The third kappa shape index (κ3) is 1.74. The number of carbonyl (C=O) groups is 1. The molecule has 0 aliphatic carbocycles. The zero-order valence-electron chi connectivity index (χ0n) is 8.28. The van der Waals surface area contributed by atoms with Crippen molar-refractivity contribution in [2.24, 2.45) is 5.92 Å². The molecule has 82 valence electrons. The van der Waals surface area contributed by atoms with E-state index in [1.165, 1.54) is 11.0 Å². The van der Waals surface area contributed by atoms with Crippen molar-refractivity contribution < 1.29 is 13.6 Å². The van der Waals surface area contributed by atoms with Crippen LogP contribution in [0.15, 0.2) is 18.2 Å². The van der Waals surface area contributed by atoms with Gasteiger partial charge in [-0.2, -0.15) is 5.26 Å². The van der Waals surface area contributed by atoms with Crippen LogP contribution in [0.4, 0.5) is 14.5 Å². The molecule has 16 heavy (non-hydrogen) atoms. The Labute approximate surface area is 90.9 Å². The summed E-state index contributed by atoms with van der Waals surface area (Å²) in [4.78, 5) is 12.8. The Balaban J connectivity index is 2.29. The maximum absolute atomic E-state index is 13.0. The number of nitriles is 1. The standard InChI is InChI=1S/C11H8F2N2O/c12-9-2-1-8(4-10(9)13)15-6-7(5-14)3-11(15)16/h1-2,4,7H,3,6H2. The van der Waals surface area contributed by atoms with Crippen molar-refractivity contribution in [3.8, 4) is 6.07 Å². The third-order valence-corrected chi connectivity index (χ3v) is 2.52. The zero-order valence-corrected chi connectivity index (χ0v) is 8.28. The predicted molar refractivity (Wildman–Crippen MR) is 52.4 cm³/mol. The van der Waals surface area contributed by atoms with Gasteiger partial charge in [-0.1, -0.05) is 0 Å². The van der Waals surface area contributed by atoms with Gasteiger partial charge in [0.2, 0.25) is 5.91 Å². The van der Waals surface area contributed by atoms with Crippen LogP contribution < -0.4 is 4.90 Å². The number of anilines is 1. The number of hydrogen-bond donors (Lipinski definition) is 0. The van der Waals surface area contributed by atoms with Crippen LogP contribution in [0.3, 0.4) is 0 Å². The van der Waals surface area contributed by atoms with E-state index in [1.807, 2.05) is 6.07 Å². The third-order valence-electron chi connectivity index (χ3n) is 2.52. The summed E-state index contributed by atoms with van der Waals surface area (Å²) in [5.41, 5.74) is 0.293. The Morgan fingerprint density at radius 3 is 2.69 bits per heavy atom. The second-order valence-electron chi connectivity index (χ2n) is 3.63. The van der Waals surface area contributed by atoms with Crippen molar-refractivity contribution in [1.29, 1.82) is 5.26 Å². The van der Waals surface area contributed by atoms with Crippen LogP contribution in [-0.2, 0) is 4.79 Å². The highest BCUT2D eigenvalue weighted by atomic mass is 19.2. The molecule has 1 aliphatic heterocycles. The van der Waals surface area contributed by atoms with Gasteiger partial charge in [-0.15, -0.1) is 0 Å². The first-order chi connectivity index (χ1) is 7.61. The van der Waals surface area contributed by atoms with Crippen LogP contribution in [0.25, 0.3) is 0 Å². The van der Waals surface area contributed by atoms with Crippen molar-refractivity contribution in [1.82, 2.24) is 0 Å². The molecule has 2 rings (SSSR count). The van der Waals surface area contributed by atoms with Crippen molar-refractivity contribution in [2.45, 2.75) is 6.42 Å². The molecular formula is C11H8F2N2O. The number of nitrogens with zero attached hydrogens (tertiary/aromatic N) is 2. The van der Waals surface area contributed by atoms with Gasteiger partial charge < -0.3 is 4.90 Å². The first kappa shape index (κ1) is 10.6. The molecule has 3 nitrogen and oxygen atoms in total. The molecule has 1 aromatic rings. The molecule has 0 saturated carbocycles. The number of benzene rings is 1. The SMILES string of the molecule is N#CC1CC(=O)N(c2ccc(F)c(F)c2)C1. The molecule has 0 aromatic heterocycles. The number of carbonyl (C=O) groups excluding carboxylic acids is 1. The summed E-state index contributed by atoms with van der Waals surface area (Å²) in [5, 5.41) is 8.68. The molecule has 1 aromatic carbocycles. The molecule has 5 heteroatoms. The van der Waals surface area contributed by atoms with Crippen LogP contribution in [0.2, 0.25) is 0 Å². The minimum Gasteiger partial charge on any atom is -0.311 e. The minimum absolute atomic E-state index is 0.134. The molecule has 1 aliphatic rings. The number of amides is 1. The van der Waals surface area contributed by atoms with Crippen molar-refractivity contribution >= 4 is 11.6 Å². The lowest BCUT2D eigenvalue weighted by molar-refractivity contribution is -0.117. The molecule has 1 unspecified atom stereocenters. The van der Waals surface area contributed by atoms with E-state index in [0.717, 1.165) is 12.1 Å². The topological polar surface area (TPSA) is 44.1 Å². The molecule has 1 amide bonds. The fraction of sp³-hybridized carbons (Fsp3) is 0.273. The molecule has 1 fully saturated rings. The van der Waals surface area contributed by atoms with Gasteiger partial charge >= 0.3 is 0 Å². The lowest BCUT2D eigenvalue weighted by atomic mass is 10.1. The monoisotopic (exact) mass is 222 g/mol. The summed E-state index contributed by atoms with van der Waals surface area (Å²) in [6, 6.07) is 5.25. The second kappa shape index (κ2) is 3.89. The van der Waals surface area contributed by atoms with E-state index in [-0.39, 0.29) is 24.8 Å². The summed E-state index contributed by atoms with van der Waals surface area (Å²) in [5.74, 6) is -2.56. The smallest absolute Gasteiger partial charge is 0.228 e. The number of rotatable bonds is 1. The molecule has 0 radical (unpaired) electrons. The van der Waals surface area contributed by atoms with Crippen LogP contribution >= 0.6 is 0 Å². The largest absolute Gasteiger partial charge is 0.311 e. The first-order valence-electron chi connectivity index (χ1n) is 4.77. The summed E-state index contributed by atoms with van der Waals surface area (Å²) >= 11 is 0. The summed E-state index contributed by atoms with van der Waals surface area (Å²) in [7, 11) is 0. The van der Waals surface area contributed by atoms with Crippen molar-refractivity contribution in [3.05, 3.63) is 29.8 Å². The minimum atomic E-state index is -0.995. The molecule has 1 saturated heterocycles. The molecule has 1 heterocycles. The van der Waals surface area contributed by atoms with Gasteiger partial charge in [0.15, 0.2) is 11.6 Å². The Morgan fingerprint density at radius 1 is 1.38 bits per heavy atom. The zero-order chi connectivity index (χ0) is 11.7. The Kier molecular flexibility index (Phi) is 2.57. The average Bonchev–Trinajstić information content (AvgIpc) is 2.64. The van der Waals surface area contributed by atoms with E-state index < -0.39 is 11.6 Å². The van der Waals surface area contributed by atoms with Crippen molar-refractivity contribution in [2.75, 3.05) is 11.4 Å². The lowest BCUT2D eigenvalue weighted by Crippen LogP contribution is -2.24. The number of hydrogen-bond acceptors (Lipinski definition) is 2. The van der Waals surface area contributed by atoms with Crippen LogP contribution in [-0.4, -0.2) is 12.5 Å². The fourth-order valence-electron chi connectivity index (χ4n) is 1.70. The maximum atomic E-state index is 13.0. The second-order valence-corrected chi connectivity index (χ2v) is 3.63. The van der Waals surface area contributed by atoms with Gasteiger partial charge in [0.25, 0.3) is 0 Å². The molecule has 0 N–H and O–H groups in total. The van der Waals surface area contributed by atoms with E-state index in [4.69, 9.17) is 5.26 Å². The van der Waals surface area contributed by atoms with Crippen LogP contribution in [0, 0.1) is 28.9 Å². The Bertz CT molecular complexity index is 481. The Hall–Kier alpha value is -1.96. The highest BCUT2D eigenvalue weighted by molar-refractivity contribution is 5.96. The molecule has 0 spiro atoms.